The Morgan fingerprint density at radius 1 is 0.537 bits per heavy atom. The van der Waals surface area contributed by atoms with E-state index in [0.29, 0.717) is 55.4 Å². The predicted molar refractivity (Wildman–Crippen MR) is 356 cm³/mol. The Morgan fingerprint density at radius 3 is 1.51 bits per heavy atom. The number of carbonyl (C=O) groups is 13. The number of likely N-dealkylation sites (tertiary alicyclic amines) is 2. The number of hydrogen-bond donors (Lipinski definition) is 15. The highest BCUT2D eigenvalue weighted by Crippen LogP contribution is 2.24. The molecule has 13 amide bonds. The Kier molecular flexibility index (Phi) is 33.9. The smallest absolute Gasteiger partial charge is 0.245 e. The fraction of sp³-hybridized carbons (Fsp3) is 0.587. The highest BCUT2D eigenvalue weighted by molar-refractivity contribution is 7.98. The van der Waals surface area contributed by atoms with Crippen molar-refractivity contribution < 1.29 is 62.3 Å². The lowest BCUT2D eigenvalue weighted by Gasteiger charge is -2.32. The van der Waals surface area contributed by atoms with Crippen LogP contribution in [-0.2, 0) is 75.2 Å². The van der Waals surface area contributed by atoms with Gasteiger partial charge in [-0.05, 0) is 119 Å². The van der Waals surface area contributed by atoms with Crippen LogP contribution in [-0.4, -0.2) is 198 Å². The average Bonchev–Trinajstić information content (AvgIpc) is 1.74. The highest BCUT2D eigenvalue weighted by Gasteiger charge is 2.42. The van der Waals surface area contributed by atoms with E-state index in [1.807, 2.05) is 20.1 Å². The number of unbranched alkanes of at least 4 members (excludes halogenated alkanes) is 1. The van der Waals surface area contributed by atoms with Crippen LogP contribution in [0.1, 0.15) is 121 Å². The molecule has 2 saturated heterocycles. The van der Waals surface area contributed by atoms with Gasteiger partial charge in [0, 0.05) is 45.3 Å². The van der Waals surface area contributed by atoms with Crippen LogP contribution in [0.5, 0.6) is 0 Å². The molecule has 0 radical (unpaired) electrons. The maximum Gasteiger partial charge on any atom is 0.245 e. The molecule has 2 aromatic rings. The topological polar surface area (TPSA) is 519 Å². The van der Waals surface area contributed by atoms with Gasteiger partial charge >= 0.3 is 0 Å². The van der Waals surface area contributed by atoms with Crippen LogP contribution in [0.25, 0.3) is 0 Å². The first-order valence-electron chi connectivity index (χ1n) is 32.2. The van der Waals surface area contributed by atoms with Gasteiger partial charge in [-0.15, -0.1) is 0 Å². The fourth-order valence-electron chi connectivity index (χ4n) is 11.0. The summed E-state index contributed by atoms with van der Waals surface area (Å²) in [6, 6.07) is 4.51. The molecule has 0 aliphatic carbocycles. The van der Waals surface area contributed by atoms with Crippen LogP contribution in [0.4, 0.5) is 0 Å². The lowest BCUT2D eigenvalue weighted by Crippen LogP contribution is -2.60. The third-order valence-electron chi connectivity index (χ3n) is 16.0. The Hall–Kier alpha value is -8.91. The van der Waals surface area contributed by atoms with Crippen molar-refractivity contribution in [1.29, 1.82) is 0 Å². The number of nitrogens with two attached hydrogens (primary N) is 7. The zero-order valence-electron chi connectivity index (χ0n) is 54.5. The van der Waals surface area contributed by atoms with Crippen LogP contribution in [0, 0.1) is 5.92 Å². The average molecular weight is 1350 g/mol. The molecule has 2 heterocycles. The van der Waals surface area contributed by atoms with Gasteiger partial charge in [0.1, 0.15) is 54.4 Å². The number of amides is 13. The van der Waals surface area contributed by atoms with Crippen LogP contribution in [0.3, 0.4) is 0 Å². The van der Waals surface area contributed by atoms with Gasteiger partial charge in [-0.2, -0.15) is 11.8 Å². The van der Waals surface area contributed by atoms with Crippen LogP contribution >= 0.6 is 11.8 Å². The largest absolute Gasteiger partial charge is 0.370 e. The number of guanidine groups is 1. The van der Waals surface area contributed by atoms with E-state index < -0.39 is 169 Å². The van der Waals surface area contributed by atoms with Gasteiger partial charge in [-0.3, -0.25) is 67.3 Å². The molecule has 2 fully saturated rings. The molecule has 0 aromatic heterocycles. The van der Waals surface area contributed by atoms with Gasteiger partial charge in [-0.1, -0.05) is 74.5 Å². The van der Waals surface area contributed by atoms with Gasteiger partial charge in [0.15, 0.2) is 5.96 Å². The first-order valence-corrected chi connectivity index (χ1v) is 33.6. The molecule has 2 aliphatic heterocycles. The third-order valence-corrected chi connectivity index (χ3v) is 16.7. The summed E-state index contributed by atoms with van der Waals surface area (Å²) in [7, 11) is 0. The zero-order chi connectivity index (χ0) is 70.1. The fourth-order valence-corrected chi connectivity index (χ4v) is 11.5. The molecule has 10 atom stereocenters. The van der Waals surface area contributed by atoms with Gasteiger partial charge in [0.2, 0.25) is 76.8 Å². The number of aliphatic imine (C=N–C) groups is 1. The standard InChI is InChI=1S/C63H98N18O13S/c1-37(2)33-45(57(89)74-41(53(68)85)27-32-95-3)73-52(84)36-72-54(86)46(34-38-15-6-4-7-16-38)78-58(90)47(35-39-17-8-5-9-18-39)79-56(88)42(23-25-50(66)82)75-55(87)43(24-26-51(67)83)76-59(91)49-22-14-31-81(49)62(94)44(20-10-11-28-64)77-60(92)48-21-13-30-80(48)61(93)40(65)19-12-29-71-63(69)70/h4-9,15-18,37,40-49H,10-14,19-36,64-65H2,1-3H3,(H2,66,82)(H2,67,83)(H2,68,85)(H,72,86)(H,73,84)(H,74,89)(H,75,87)(H,76,91)(H,77,92)(H,78,90)(H,79,88)(H4,69,70,71)/t40-,41+,42-,43-,44-,45+,46-,47+,48-,49-/m1/s1. The van der Waals surface area contributed by atoms with Crippen LogP contribution in [0.2, 0.25) is 0 Å². The van der Waals surface area contributed by atoms with Crippen molar-refractivity contribution in [1.82, 2.24) is 52.3 Å². The van der Waals surface area contributed by atoms with Crippen molar-refractivity contribution in [3.8, 4) is 0 Å². The van der Waals surface area contributed by atoms with E-state index >= 15 is 0 Å². The lowest BCUT2D eigenvalue weighted by atomic mass is 10.0. The molecule has 524 valence electrons. The van der Waals surface area contributed by atoms with E-state index in [0.717, 1.165) is 0 Å². The van der Waals surface area contributed by atoms with Crippen molar-refractivity contribution in [3.63, 3.8) is 0 Å². The molecule has 0 unspecified atom stereocenters. The molecule has 95 heavy (non-hydrogen) atoms. The predicted octanol–water partition coefficient (Wildman–Crippen LogP) is -3.71. The second-order valence-electron chi connectivity index (χ2n) is 24.1. The van der Waals surface area contributed by atoms with E-state index in [1.165, 1.54) is 21.6 Å². The van der Waals surface area contributed by atoms with Gasteiger partial charge < -0.3 is 92.5 Å². The normalized spacial score (nSPS) is 16.8. The Bertz CT molecular complexity index is 2960. The van der Waals surface area contributed by atoms with Gasteiger partial charge in [-0.25, -0.2) is 0 Å². The summed E-state index contributed by atoms with van der Waals surface area (Å²) >= 11 is 1.45. The Labute approximate surface area is 558 Å². The Balaban J connectivity index is 1.56. The van der Waals surface area contributed by atoms with Gasteiger partial charge in [0.25, 0.3) is 0 Å². The number of hydrogen-bond acceptors (Lipinski definition) is 17. The van der Waals surface area contributed by atoms with Crippen molar-refractivity contribution >= 4 is 94.5 Å². The Morgan fingerprint density at radius 2 is 1.01 bits per heavy atom. The number of rotatable bonds is 42. The third kappa shape index (κ3) is 27.5. The van der Waals surface area contributed by atoms with Gasteiger partial charge in [0.05, 0.1) is 12.6 Å². The van der Waals surface area contributed by atoms with Crippen LogP contribution in [0.15, 0.2) is 65.7 Å². The molecular formula is C63H98N18O13S. The van der Waals surface area contributed by atoms with Crippen molar-refractivity contribution in [3.05, 3.63) is 71.8 Å². The molecule has 2 aromatic carbocycles. The monoisotopic (exact) mass is 1350 g/mol. The molecule has 31 nitrogen and oxygen atoms in total. The van der Waals surface area contributed by atoms with E-state index in [1.54, 1.807) is 60.7 Å². The molecule has 0 saturated carbocycles. The van der Waals surface area contributed by atoms with E-state index in [2.05, 4.69) is 47.5 Å². The van der Waals surface area contributed by atoms with Crippen molar-refractivity contribution in [2.75, 3.05) is 44.7 Å². The quantitative estimate of drug-likeness (QED) is 0.0173. The first kappa shape index (κ1) is 78.5. The molecule has 0 bridgehead atoms. The molecule has 2 aliphatic rings. The van der Waals surface area contributed by atoms with Crippen molar-refractivity contribution in [2.45, 2.75) is 183 Å². The number of benzene rings is 2. The second kappa shape index (κ2) is 41.0. The van der Waals surface area contributed by atoms with E-state index in [4.69, 9.17) is 40.1 Å². The summed E-state index contributed by atoms with van der Waals surface area (Å²) in [6.45, 7) is 3.86. The lowest BCUT2D eigenvalue weighted by molar-refractivity contribution is -0.144. The molecule has 22 N–H and O–H groups in total. The van der Waals surface area contributed by atoms with Crippen LogP contribution < -0.4 is 82.7 Å². The summed E-state index contributed by atoms with van der Waals surface area (Å²) in [4.78, 5) is 185. The summed E-state index contributed by atoms with van der Waals surface area (Å²) in [6.07, 6.45) is 3.12. The zero-order valence-corrected chi connectivity index (χ0v) is 55.3. The van der Waals surface area contributed by atoms with E-state index in [-0.39, 0.29) is 83.0 Å². The van der Waals surface area contributed by atoms with E-state index in [9.17, 15) is 62.3 Å². The molecule has 0 spiro atoms. The first-order chi connectivity index (χ1) is 45.2. The molecule has 4 rings (SSSR count). The molecular weight excluding hydrogens is 1250 g/mol. The maximum absolute atomic E-state index is 14.7. The van der Waals surface area contributed by atoms with Crippen molar-refractivity contribution in [2.24, 2.45) is 51.0 Å². The minimum atomic E-state index is -1.64. The molecule has 32 heteroatoms. The minimum absolute atomic E-state index is 0.0736. The summed E-state index contributed by atoms with van der Waals surface area (Å²) < 4.78 is 0. The minimum Gasteiger partial charge on any atom is -0.370 e. The second-order valence-corrected chi connectivity index (χ2v) is 25.1. The number of nitrogens with zero attached hydrogens (tertiary/aromatic N) is 3. The maximum atomic E-state index is 14.7. The summed E-state index contributed by atoms with van der Waals surface area (Å²) in [5.74, 6) is -9.80. The summed E-state index contributed by atoms with van der Waals surface area (Å²) in [5.41, 5.74) is 40.6. The highest BCUT2D eigenvalue weighted by atomic mass is 32.2. The number of primary amides is 3. The summed E-state index contributed by atoms with van der Waals surface area (Å²) in [5, 5.41) is 21.1. The number of thioether (sulfide) groups is 1. The SMILES string of the molecule is CSCC[C@H](NC(=O)[C@H](CC(C)C)NC(=O)CNC(=O)[C@@H](Cc1ccccc1)NC(=O)[C@H](Cc1ccccc1)NC(=O)[C@@H](CCC(N)=O)NC(=O)[C@@H](CCC(N)=O)NC(=O)[C@H]1CCCN1C(=O)[C@@H](CCCCN)NC(=O)[C@H]1CCCN1C(=O)[C@H](N)CCCN=C(N)N)C(N)=O. The number of carbonyl (C=O) groups excluding carboxylic acids is 13. The number of nitrogens with one attached hydrogen (secondary N) is 8.